The zero-order valence-corrected chi connectivity index (χ0v) is 23.4. The van der Waals surface area contributed by atoms with Gasteiger partial charge >= 0.3 is 5.97 Å². The Morgan fingerprint density at radius 1 is 0.860 bits per heavy atom. The number of amides is 1. The summed E-state index contributed by atoms with van der Waals surface area (Å²) >= 11 is 0. The van der Waals surface area contributed by atoms with Gasteiger partial charge in [-0.15, -0.1) is 0 Å². The van der Waals surface area contributed by atoms with Crippen molar-refractivity contribution in [2.45, 2.75) is 61.9 Å². The molecular formula is C29H26F5N3O5S. The number of aromatic carboxylic acids is 1. The van der Waals surface area contributed by atoms with E-state index in [9.17, 15) is 45.1 Å². The zero-order chi connectivity index (χ0) is 31.1. The third-order valence-corrected chi connectivity index (χ3v) is 9.86. The molecule has 1 amide bonds. The minimum absolute atomic E-state index is 0.0785. The fourth-order valence-corrected chi connectivity index (χ4v) is 7.20. The third-order valence-electron chi connectivity index (χ3n) is 7.93. The second kappa shape index (κ2) is 12.0. The van der Waals surface area contributed by atoms with Gasteiger partial charge in [-0.1, -0.05) is 25.3 Å². The number of benzene rings is 2. The summed E-state index contributed by atoms with van der Waals surface area (Å²) in [4.78, 5) is 28.7. The predicted molar refractivity (Wildman–Crippen MR) is 143 cm³/mol. The number of hydrogen-bond acceptors (Lipinski definition) is 5. The van der Waals surface area contributed by atoms with Crippen LogP contribution in [0.15, 0.2) is 47.5 Å². The molecule has 2 fully saturated rings. The van der Waals surface area contributed by atoms with Gasteiger partial charge in [0, 0.05) is 18.4 Å². The van der Waals surface area contributed by atoms with Crippen LogP contribution in [0.2, 0.25) is 0 Å². The van der Waals surface area contributed by atoms with Crippen molar-refractivity contribution in [1.82, 2.24) is 9.29 Å². The summed E-state index contributed by atoms with van der Waals surface area (Å²) in [6, 6.07) is 7.22. The molecule has 0 radical (unpaired) electrons. The van der Waals surface area contributed by atoms with Crippen molar-refractivity contribution in [2.75, 3.05) is 11.4 Å². The van der Waals surface area contributed by atoms with Crippen molar-refractivity contribution >= 4 is 27.6 Å². The Morgan fingerprint density at radius 2 is 1.47 bits per heavy atom. The zero-order valence-electron chi connectivity index (χ0n) is 22.6. The molecular weight excluding hydrogens is 597 g/mol. The van der Waals surface area contributed by atoms with Gasteiger partial charge in [0.25, 0.3) is 0 Å². The number of anilines is 1. The van der Waals surface area contributed by atoms with Gasteiger partial charge in [0.05, 0.1) is 17.8 Å². The number of pyridine rings is 1. The molecule has 14 heteroatoms. The van der Waals surface area contributed by atoms with Crippen LogP contribution in [0.3, 0.4) is 0 Å². The highest BCUT2D eigenvalue weighted by molar-refractivity contribution is 7.89. The van der Waals surface area contributed by atoms with Gasteiger partial charge in [-0.3, -0.25) is 9.78 Å². The van der Waals surface area contributed by atoms with Crippen LogP contribution in [0, 0.1) is 29.1 Å². The molecule has 1 N–H and O–H groups in total. The molecule has 2 aromatic carbocycles. The fraction of sp³-hybridized carbons (Fsp3) is 0.345. The molecule has 1 atom stereocenters. The highest BCUT2D eigenvalue weighted by atomic mass is 32.2. The molecule has 228 valence electrons. The van der Waals surface area contributed by atoms with E-state index in [0.29, 0.717) is 15.9 Å². The first-order chi connectivity index (χ1) is 20.4. The van der Waals surface area contributed by atoms with E-state index in [4.69, 9.17) is 0 Å². The van der Waals surface area contributed by atoms with Crippen molar-refractivity contribution in [3.8, 4) is 0 Å². The summed E-state index contributed by atoms with van der Waals surface area (Å²) in [6.07, 6.45) is 7.10. The quantitative estimate of drug-likeness (QED) is 0.201. The minimum atomic E-state index is -5.35. The summed E-state index contributed by atoms with van der Waals surface area (Å²) in [7, 11) is -5.35. The SMILES string of the molecule is O=C(O)c1ccc(N(Cc2ccc(C3CCCCC3)cn2)C(=O)C2CCN2S(=O)(=O)c2c(F)c(F)c(F)c(F)c2F)cc1. The van der Waals surface area contributed by atoms with E-state index in [-0.39, 0.29) is 24.2 Å². The number of carbonyl (C=O) groups excluding carboxylic acids is 1. The number of halogens is 5. The van der Waals surface area contributed by atoms with Crippen LogP contribution < -0.4 is 4.90 Å². The van der Waals surface area contributed by atoms with E-state index in [1.54, 1.807) is 12.3 Å². The monoisotopic (exact) mass is 623 g/mol. The van der Waals surface area contributed by atoms with Crippen LogP contribution in [0.4, 0.5) is 27.6 Å². The first-order valence-electron chi connectivity index (χ1n) is 13.5. The van der Waals surface area contributed by atoms with Crippen LogP contribution in [-0.4, -0.2) is 47.3 Å². The van der Waals surface area contributed by atoms with Crippen molar-refractivity contribution in [2.24, 2.45) is 0 Å². The van der Waals surface area contributed by atoms with E-state index in [1.807, 2.05) is 6.07 Å². The normalized spacial score (nSPS) is 17.8. The summed E-state index contributed by atoms with van der Waals surface area (Å²) in [6.45, 7) is -0.596. The number of nitrogens with zero attached hydrogens (tertiary/aromatic N) is 3. The number of carboxylic acid groups (broad SMARTS) is 1. The average Bonchev–Trinajstić information content (AvgIpc) is 2.97. The van der Waals surface area contributed by atoms with Crippen LogP contribution in [0.25, 0.3) is 0 Å². The number of carbonyl (C=O) groups is 2. The van der Waals surface area contributed by atoms with Crippen molar-refractivity contribution in [3.63, 3.8) is 0 Å². The van der Waals surface area contributed by atoms with Crippen molar-refractivity contribution < 1.29 is 45.1 Å². The lowest BCUT2D eigenvalue weighted by Crippen LogP contribution is -2.59. The molecule has 0 spiro atoms. The van der Waals surface area contributed by atoms with E-state index in [1.165, 1.54) is 30.7 Å². The highest BCUT2D eigenvalue weighted by Crippen LogP contribution is 2.35. The lowest BCUT2D eigenvalue weighted by molar-refractivity contribution is -0.125. The van der Waals surface area contributed by atoms with Crippen molar-refractivity contribution in [1.29, 1.82) is 0 Å². The Kier molecular flexibility index (Phi) is 8.52. The van der Waals surface area contributed by atoms with Gasteiger partial charge in [-0.05, 0) is 61.1 Å². The van der Waals surface area contributed by atoms with E-state index in [2.05, 4.69) is 4.98 Å². The molecule has 8 nitrogen and oxygen atoms in total. The molecule has 0 bridgehead atoms. The van der Waals surface area contributed by atoms with Gasteiger partial charge in [0.2, 0.25) is 21.7 Å². The number of sulfonamides is 1. The third kappa shape index (κ3) is 5.73. The molecule has 43 heavy (non-hydrogen) atoms. The van der Waals surface area contributed by atoms with Crippen LogP contribution >= 0.6 is 0 Å². The number of aromatic nitrogens is 1. The fourth-order valence-electron chi connectivity index (χ4n) is 5.46. The molecule has 2 aliphatic rings. The average molecular weight is 624 g/mol. The molecule has 1 unspecified atom stereocenters. The highest BCUT2D eigenvalue weighted by Gasteiger charge is 2.48. The standard InChI is InChI=1S/C29H26F5N3O5S/c30-22-23(31)25(33)27(26(34)24(22)32)43(41,42)37-13-12-21(37)28(38)36(20-10-7-17(8-11-20)29(39)40)15-19-9-6-18(14-35-19)16-4-2-1-3-5-16/h6-11,14,16,21H,1-5,12-13,15H2,(H,39,40). The Hall–Kier alpha value is -3.91. The summed E-state index contributed by atoms with van der Waals surface area (Å²) < 4.78 is 96.8. The molecule has 1 aliphatic heterocycles. The maximum absolute atomic E-state index is 14.4. The summed E-state index contributed by atoms with van der Waals surface area (Å²) in [5.41, 5.74) is 1.56. The van der Waals surface area contributed by atoms with E-state index < -0.39 is 68.5 Å². The van der Waals surface area contributed by atoms with Gasteiger partial charge < -0.3 is 10.0 Å². The lowest BCUT2D eigenvalue weighted by atomic mass is 9.85. The minimum Gasteiger partial charge on any atom is -0.478 e. The second-order valence-corrected chi connectivity index (χ2v) is 12.3. The lowest BCUT2D eigenvalue weighted by Gasteiger charge is -2.41. The Morgan fingerprint density at radius 3 is 1.98 bits per heavy atom. The number of hydrogen-bond donors (Lipinski definition) is 1. The summed E-state index contributed by atoms with van der Waals surface area (Å²) in [5, 5.41) is 9.26. The molecule has 5 rings (SSSR count). The van der Waals surface area contributed by atoms with Gasteiger partial charge in [-0.25, -0.2) is 35.2 Å². The van der Waals surface area contributed by atoms with Crippen LogP contribution in [0.1, 0.15) is 66.1 Å². The maximum Gasteiger partial charge on any atom is 0.335 e. The topological polar surface area (TPSA) is 108 Å². The maximum atomic E-state index is 14.4. The smallest absolute Gasteiger partial charge is 0.335 e. The first-order valence-corrected chi connectivity index (χ1v) is 15.0. The summed E-state index contributed by atoms with van der Waals surface area (Å²) in [5.74, 6) is -14.1. The molecule has 2 heterocycles. The van der Waals surface area contributed by atoms with Crippen LogP contribution in [0.5, 0.6) is 0 Å². The van der Waals surface area contributed by atoms with Gasteiger partial charge in [0.15, 0.2) is 28.2 Å². The second-order valence-electron chi connectivity index (χ2n) is 10.5. The molecule has 1 aromatic heterocycles. The Labute approximate surface area is 243 Å². The van der Waals surface area contributed by atoms with E-state index in [0.717, 1.165) is 36.1 Å². The molecule has 1 aliphatic carbocycles. The number of rotatable bonds is 8. The van der Waals surface area contributed by atoms with Crippen molar-refractivity contribution in [3.05, 3.63) is 88.5 Å². The largest absolute Gasteiger partial charge is 0.478 e. The van der Waals surface area contributed by atoms with Crippen LogP contribution in [-0.2, 0) is 21.4 Å². The molecule has 1 saturated carbocycles. The van der Waals surface area contributed by atoms with E-state index >= 15 is 0 Å². The number of carboxylic acids is 1. The van der Waals surface area contributed by atoms with Gasteiger partial charge in [0.1, 0.15) is 6.04 Å². The first kappa shape index (κ1) is 30.5. The van der Waals surface area contributed by atoms with Gasteiger partial charge in [-0.2, -0.15) is 4.31 Å². The molecule has 3 aromatic rings. The predicted octanol–water partition coefficient (Wildman–Crippen LogP) is 5.52. The Balaban J connectivity index is 1.46. The Bertz CT molecular complexity index is 1630. The molecule has 1 saturated heterocycles.